The van der Waals surface area contributed by atoms with E-state index in [2.05, 4.69) is 28.2 Å². The Morgan fingerprint density at radius 1 is 1.50 bits per heavy atom. The number of rotatable bonds is 3. The molecule has 0 atom stereocenters. The third kappa shape index (κ3) is 2.32. The second-order valence-electron chi connectivity index (χ2n) is 4.87. The molecule has 0 unspecified atom stereocenters. The van der Waals surface area contributed by atoms with Crippen LogP contribution >= 0.6 is 15.9 Å². The van der Waals surface area contributed by atoms with Gasteiger partial charge >= 0.3 is 0 Å². The van der Waals surface area contributed by atoms with Crippen molar-refractivity contribution in [3.8, 4) is 0 Å². The monoisotopic (exact) mass is 286 g/mol. The fraction of sp³-hybridized carbons (Fsp3) is 0.500. The van der Waals surface area contributed by atoms with Gasteiger partial charge in [0.05, 0.1) is 15.8 Å². The molecule has 0 radical (unpaired) electrons. The molecular formula is C12H16BrFN2. The van der Waals surface area contributed by atoms with E-state index < -0.39 is 0 Å². The van der Waals surface area contributed by atoms with Crippen LogP contribution in [-0.4, -0.2) is 6.54 Å². The first-order valence-electron chi connectivity index (χ1n) is 5.49. The highest BCUT2D eigenvalue weighted by atomic mass is 79.9. The van der Waals surface area contributed by atoms with Crippen molar-refractivity contribution < 1.29 is 4.39 Å². The molecule has 3 N–H and O–H groups in total. The maximum absolute atomic E-state index is 13.3. The standard InChI is InChI=1S/C12H16BrFN2/c1-12(3-2-4-12)7-16-11-6-9(14)8(13)5-10(11)15/h5-6,16H,2-4,7,15H2,1H3. The van der Waals surface area contributed by atoms with E-state index in [1.807, 2.05) is 0 Å². The molecule has 0 amide bonds. The van der Waals surface area contributed by atoms with Gasteiger partial charge in [-0.15, -0.1) is 0 Å². The first-order chi connectivity index (χ1) is 7.50. The lowest BCUT2D eigenvalue weighted by Gasteiger charge is -2.38. The molecule has 1 aromatic rings. The number of nitrogens with two attached hydrogens (primary N) is 1. The lowest BCUT2D eigenvalue weighted by molar-refractivity contribution is 0.180. The van der Waals surface area contributed by atoms with Gasteiger partial charge in [0.1, 0.15) is 5.82 Å². The van der Waals surface area contributed by atoms with Gasteiger partial charge in [-0.05, 0) is 40.3 Å². The van der Waals surface area contributed by atoms with Crippen molar-refractivity contribution in [2.24, 2.45) is 5.41 Å². The summed E-state index contributed by atoms with van der Waals surface area (Å²) < 4.78 is 13.7. The molecule has 0 heterocycles. The van der Waals surface area contributed by atoms with Gasteiger partial charge in [0.2, 0.25) is 0 Å². The van der Waals surface area contributed by atoms with Gasteiger partial charge in [-0.2, -0.15) is 0 Å². The van der Waals surface area contributed by atoms with Crippen molar-refractivity contribution in [1.82, 2.24) is 0 Å². The van der Waals surface area contributed by atoms with E-state index in [1.54, 1.807) is 6.07 Å². The smallest absolute Gasteiger partial charge is 0.139 e. The third-order valence-electron chi connectivity index (χ3n) is 3.36. The Bertz CT molecular complexity index is 402. The third-order valence-corrected chi connectivity index (χ3v) is 3.97. The molecule has 0 spiro atoms. The van der Waals surface area contributed by atoms with Crippen LogP contribution in [0.4, 0.5) is 15.8 Å². The first-order valence-corrected chi connectivity index (χ1v) is 6.28. The molecule has 1 fully saturated rings. The zero-order valence-electron chi connectivity index (χ0n) is 9.32. The van der Waals surface area contributed by atoms with Gasteiger partial charge in [0, 0.05) is 12.6 Å². The Labute approximate surface area is 104 Å². The first kappa shape index (κ1) is 11.7. The Hall–Kier alpha value is -0.770. The number of nitrogen functional groups attached to an aromatic ring is 1. The zero-order valence-corrected chi connectivity index (χ0v) is 10.9. The van der Waals surface area contributed by atoms with Gasteiger partial charge < -0.3 is 11.1 Å². The van der Waals surface area contributed by atoms with Crippen molar-refractivity contribution in [2.75, 3.05) is 17.6 Å². The molecule has 1 aliphatic rings. The van der Waals surface area contributed by atoms with Crippen molar-refractivity contribution in [3.63, 3.8) is 0 Å². The molecule has 4 heteroatoms. The molecule has 1 aromatic carbocycles. The number of halogens is 2. The minimum Gasteiger partial charge on any atom is -0.397 e. The number of anilines is 2. The molecule has 1 aliphatic carbocycles. The van der Waals surface area contributed by atoms with E-state index in [0.29, 0.717) is 21.3 Å². The lowest BCUT2D eigenvalue weighted by atomic mass is 9.70. The second kappa shape index (κ2) is 4.24. The van der Waals surface area contributed by atoms with Crippen molar-refractivity contribution in [3.05, 3.63) is 22.4 Å². The molecule has 0 saturated heterocycles. The Morgan fingerprint density at radius 3 is 2.75 bits per heavy atom. The predicted octanol–water partition coefficient (Wildman–Crippen LogP) is 3.77. The van der Waals surface area contributed by atoms with Gasteiger partial charge in [-0.3, -0.25) is 0 Å². The molecule has 2 rings (SSSR count). The molecular weight excluding hydrogens is 271 g/mol. The predicted molar refractivity (Wildman–Crippen MR) is 69.0 cm³/mol. The summed E-state index contributed by atoms with van der Waals surface area (Å²) in [5.41, 5.74) is 7.45. The van der Waals surface area contributed by atoms with Gasteiger partial charge in [0.15, 0.2) is 0 Å². The minimum atomic E-state index is -0.282. The van der Waals surface area contributed by atoms with E-state index in [9.17, 15) is 4.39 Å². The summed E-state index contributed by atoms with van der Waals surface area (Å²) in [6, 6.07) is 3.04. The van der Waals surface area contributed by atoms with Crippen molar-refractivity contribution >= 4 is 27.3 Å². The van der Waals surface area contributed by atoms with Crippen LogP contribution in [0.25, 0.3) is 0 Å². The summed E-state index contributed by atoms with van der Waals surface area (Å²) >= 11 is 3.11. The SMILES string of the molecule is CC1(CNc2cc(F)c(Br)cc2N)CCC1. The maximum Gasteiger partial charge on any atom is 0.139 e. The fourth-order valence-corrected chi connectivity index (χ4v) is 2.34. The van der Waals surface area contributed by atoms with E-state index in [4.69, 9.17) is 5.73 Å². The van der Waals surface area contributed by atoms with Crippen LogP contribution in [0.15, 0.2) is 16.6 Å². The van der Waals surface area contributed by atoms with Gasteiger partial charge in [-0.1, -0.05) is 13.3 Å². The Kier molecular flexibility index (Phi) is 3.10. The Morgan fingerprint density at radius 2 is 2.19 bits per heavy atom. The highest BCUT2D eigenvalue weighted by Crippen LogP contribution is 2.40. The van der Waals surface area contributed by atoms with Gasteiger partial charge in [0.25, 0.3) is 0 Å². The highest BCUT2D eigenvalue weighted by Gasteiger charge is 2.31. The summed E-state index contributed by atoms with van der Waals surface area (Å²) in [6.45, 7) is 3.10. The number of hydrogen-bond acceptors (Lipinski definition) is 2. The minimum absolute atomic E-state index is 0.282. The molecule has 1 saturated carbocycles. The van der Waals surface area contributed by atoms with Crippen LogP contribution in [-0.2, 0) is 0 Å². The summed E-state index contributed by atoms with van der Waals surface area (Å²) in [5.74, 6) is -0.282. The maximum atomic E-state index is 13.3. The summed E-state index contributed by atoms with van der Waals surface area (Å²) in [5, 5.41) is 3.24. The quantitative estimate of drug-likeness (QED) is 0.830. The van der Waals surface area contributed by atoms with E-state index in [-0.39, 0.29) is 5.82 Å². The zero-order chi connectivity index (χ0) is 11.8. The van der Waals surface area contributed by atoms with Crippen LogP contribution < -0.4 is 11.1 Å². The number of nitrogens with one attached hydrogen (secondary N) is 1. The van der Waals surface area contributed by atoms with Crippen LogP contribution in [0.2, 0.25) is 0 Å². The second-order valence-corrected chi connectivity index (χ2v) is 5.73. The van der Waals surface area contributed by atoms with Crippen LogP contribution in [0.1, 0.15) is 26.2 Å². The number of benzene rings is 1. The van der Waals surface area contributed by atoms with E-state index in [1.165, 1.54) is 25.3 Å². The molecule has 0 aromatic heterocycles. The summed E-state index contributed by atoms with van der Waals surface area (Å²) in [4.78, 5) is 0. The van der Waals surface area contributed by atoms with Crippen molar-refractivity contribution in [2.45, 2.75) is 26.2 Å². The average molecular weight is 287 g/mol. The Balaban J connectivity index is 2.06. The van der Waals surface area contributed by atoms with Crippen molar-refractivity contribution in [1.29, 1.82) is 0 Å². The molecule has 16 heavy (non-hydrogen) atoms. The van der Waals surface area contributed by atoms with Gasteiger partial charge in [-0.25, -0.2) is 4.39 Å². The number of hydrogen-bond donors (Lipinski definition) is 2. The fourth-order valence-electron chi connectivity index (χ4n) is 1.98. The highest BCUT2D eigenvalue weighted by molar-refractivity contribution is 9.10. The topological polar surface area (TPSA) is 38.0 Å². The van der Waals surface area contributed by atoms with E-state index >= 15 is 0 Å². The molecule has 0 bridgehead atoms. The molecule has 88 valence electrons. The largest absolute Gasteiger partial charge is 0.397 e. The van der Waals surface area contributed by atoms with Crippen LogP contribution in [0.5, 0.6) is 0 Å². The summed E-state index contributed by atoms with van der Waals surface area (Å²) in [6.07, 6.45) is 3.76. The summed E-state index contributed by atoms with van der Waals surface area (Å²) in [7, 11) is 0. The van der Waals surface area contributed by atoms with E-state index in [0.717, 1.165) is 6.54 Å². The average Bonchev–Trinajstić information content (AvgIpc) is 2.19. The lowest BCUT2D eigenvalue weighted by Crippen LogP contribution is -2.33. The molecule has 2 nitrogen and oxygen atoms in total. The van der Waals surface area contributed by atoms with Crippen LogP contribution in [0.3, 0.4) is 0 Å². The molecule has 0 aliphatic heterocycles. The normalized spacial score (nSPS) is 17.9. The van der Waals surface area contributed by atoms with Crippen LogP contribution in [0, 0.1) is 11.2 Å².